The van der Waals surface area contributed by atoms with Crippen molar-refractivity contribution >= 4 is 51.9 Å². The van der Waals surface area contributed by atoms with E-state index in [0.717, 1.165) is 31.0 Å². The fraction of sp³-hybridized carbons (Fsp3) is 0.500. The second-order valence-corrected chi connectivity index (χ2v) is 9.92. The lowest BCUT2D eigenvalue weighted by Crippen LogP contribution is -2.39. The van der Waals surface area contributed by atoms with E-state index >= 15 is 0 Å². The van der Waals surface area contributed by atoms with Crippen LogP contribution in [0.2, 0.25) is 5.28 Å². The summed E-state index contributed by atoms with van der Waals surface area (Å²) in [4.78, 5) is 17.4. The quantitative estimate of drug-likeness (QED) is 0.335. The van der Waals surface area contributed by atoms with Gasteiger partial charge in [-0.15, -0.1) is 23.4 Å². The van der Waals surface area contributed by atoms with E-state index in [9.17, 15) is 10.2 Å². The van der Waals surface area contributed by atoms with Gasteiger partial charge in [0, 0.05) is 24.5 Å². The number of anilines is 1. The Bertz CT molecular complexity index is 1100. The fourth-order valence-electron chi connectivity index (χ4n) is 4.06. The number of pyridine rings is 1. The number of aliphatic hydroxyl groups is 2. The minimum absolute atomic E-state index is 0.0364. The van der Waals surface area contributed by atoms with Crippen LogP contribution in [0.25, 0.3) is 11.2 Å². The van der Waals surface area contributed by atoms with E-state index in [1.165, 1.54) is 6.33 Å². The summed E-state index contributed by atoms with van der Waals surface area (Å²) in [7, 11) is 0. The number of alkyl halides is 1. The number of aliphatic hydroxyl groups excluding tert-OH is 2. The number of fused-ring (bicyclic) bond motifs is 1. The number of imidazole rings is 1. The van der Waals surface area contributed by atoms with Crippen molar-refractivity contribution in [1.29, 1.82) is 0 Å². The number of halogens is 2. The molecule has 4 unspecified atom stereocenters. The Morgan fingerprint density at radius 3 is 2.67 bits per heavy atom. The van der Waals surface area contributed by atoms with E-state index in [4.69, 9.17) is 27.9 Å². The van der Waals surface area contributed by atoms with Crippen LogP contribution in [-0.2, 0) is 4.74 Å². The molecule has 0 saturated carbocycles. The van der Waals surface area contributed by atoms with Crippen LogP contribution in [-0.4, -0.2) is 82.3 Å². The molecule has 3 aromatic heterocycles. The standard InChI is InChI=1S/C20H23Cl2N7O3S/c21-9-12-15(30)16(31)19(32-12)29-10-24-14-17(25-20(22)26-18(14)29)27-28-7-4-11(5-8-28)33-13-3-1-2-6-23-13/h1-3,6,10-12,15-16,19,30-31H,4-5,7-9H2,(H,25,26,27). The van der Waals surface area contributed by atoms with Crippen molar-refractivity contribution in [3.63, 3.8) is 0 Å². The average molecular weight is 512 g/mol. The second kappa shape index (κ2) is 9.87. The minimum atomic E-state index is -1.17. The van der Waals surface area contributed by atoms with Gasteiger partial charge in [0.15, 0.2) is 23.2 Å². The normalized spacial score (nSPS) is 26.8. The molecule has 3 N–H and O–H groups in total. The van der Waals surface area contributed by atoms with Crippen LogP contribution in [0.15, 0.2) is 35.7 Å². The van der Waals surface area contributed by atoms with E-state index in [1.807, 2.05) is 24.4 Å². The highest BCUT2D eigenvalue weighted by molar-refractivity contribution is 7.99. The Labute approximate surface area is 204 Å². The molecule has 2 saturated heterocycles. The van der Waals surface area contributed by atoms with Crippen molar-refractivity contribution in [2.45, 2.75) is 47.7 Å². The van der Waals surface area contributed by atoms with Gasteiger partial charge in [-0.1, -0.05) is 6.07 Å². The third-order valence-corrected chi connectivity index (χ3v) is 7.55. The Morgan fingerprint density at radius 2 is 1.97 bits per heavy atom. The molecule has 4 atom stereocenters. The Balaban J connectivity index is 1.30. The van der Waals surface area contributed by atoms with Crippen LogP contribution in [0.3, 0.4) is 0 Å². The zero-order valence-corrected chi connectivity index (χ0v) is 19.8. The van der Waals surface area contributed by atoms with Crippen molar-refractivity contribution < 1.29 is 14.9 Å². The molecule has 0 aliphatic carbocycles. The van der Waals surface area contributed by atoms with Crippen molar-refractivity contribution in [3.05, 3.63) is 36.0 Å². The summed E-state index contributed by atoms with van der Waals surface area (Å²) >= 11 is 13.8. The first kappa shape index (κ1) is 23.0. The number of hydrogen-bond donors (Lipinski definition) is 3. The van der Waals surface area contributed by atoms with Crippen molar-refractivity contribution in [1.82, 2.24) is 29.5 Å². The molecule has 2 fully saturated rings. The molecule has 10 nitrogen and oxygen atoms in total. The lowest BCUT2D eigenvalue weighted by atomic mass is 10.1. The van der Waals surface area contributed by atoms with Gasteiger partial charge in [0.2, 0.25) is 5.28 Å². The van der Waals surface area contributed by atoms with Gasteiger partial charge in [-0.05, 0) is 36.6 Å². The fourth-order valence-corrected chi connectivity index (χ4v) is 5.55. The maximum absolute atomic E-state index is 10.4. The third-order valence-electron chi connectivity index (χ3n) is 5.79. The highest BCUT2D eigenvalue weighted by Gasteiger charge is 2.44. The number of hydrazine groups is 1. The largest absolute Gasteiger partial charge is 0.387 e. The van der Waals surface area contributed by atoms with Crippen LogP contribution >= 0.6 is 35.0 Å². The predicted octanol–water partition coefficient (Wildman–Crippen LogP) is 2.32. The molecule has 0 bridgehead atoms. The molecule has 2 aliphatic rings. The van der Waals surface area contributed by atoms with E-state index in [0.29, 0.717) is 22.2 Å². The molecule has 5 rings (SSSR count). The third kappa shape index (κ3) is 4.76. The van der Waals surface area contributed by atoms with Gasteiger partial charge in [-0.2, -0.15) is 9.97 Å². The molecule has 13 heteroatoms. The smallest absolute Gasteiger partial charge is 0.226 e. The van der Waals surface area contributed by atoms with Crippen LogP contribution in [0, 0.1) is 0 Å². The van der Waals surface area contributed by atoms with Crippen LogP contribution in [0.5, 0.6) is 0 Å². The summed E-state index contributed by atoms with van der Waals surface area (Å²) < 4.78 is 7.27. The summed E-state index contributed by atoms with van der Waals surface area (Å²) in [5, 5.41) is 24.2. The number of nitrogens with zero attached hydrogens (tertiary/aromatic N) is 6. The number of hydrogen-bond acceptors (Lipinski definition) is 10. The monoisotopic (exact) mass is 511 g/mol. The Kier molecular flexibility index (Phi) is 6.89. The van der Waals surface area contributed by atoms with Crippen LogP contribution < -0.4 is 5.43 Å². The van der Waals surface area contributed by atoms with Crippen molar-refractivity contribution in [2.75, 3.05) is 24.4 Å². The van der Waals surface area contributed by atoms with Gasteiger partial charge in [-0.3, -0.25) is 4.57 Å². The van der Waals surface area contributed by atoms with E-state index in [-0.39, 0.29) is 11.2 Å². The molecule has 176 valence electrons. The summed E-state index contributed by atoms with van der Waals surface area (Å²) in [6.07, 6.45) is 1.44. The molecular weight excluding hydrogens is 489 g/mol. The molecule has 0 radical (unpaired) electrons. The molecular formula is C20H23Cl2N7O3S. The lowest BCUT2D eigenvalue weighted by Gasteiger charge is -2.31. The summed E-state index contributed by atoms with van der Waals surface area (Å²) in [6, 6.07) is 5.95. The van der Waals surface area contributed by atoms with Gasteiger partial charge in [0.25, 0.3) is 0 Å². The first-order chi connectivity index (χ1) is 16.0. The topological polar surface area (TPSA) is 121 Å². The minimum Gasteiger partial charge on any atom is -0.387 e. The van der Waals surface area contributed by atoms with Gasteiger partial charge >= 0.3 is 0 Å². The zero-order valence-electron chi connectivity index (χ0n) is 17.5. The average Bonchev–Trinajstić information content (AvgIpc) is 3.36. The molecule has 5 heterocycles. The molecule has 33 heavy (non-hydrogen) atoms. The number of ether oxygens (including phenoxy) is 1. The SMILES string of the molecule is OC1C(CCl)OC(n2cnc3c(NN4CCC(Sc5ccccn5)CC4)nc(Cl)nc32)C1O. The number of piperidine rings is 1. The summed E-state index contributed by atoms with van der Waals surface area (Å²) in [5.74, 6) is 0.528. The predicted molar refractivity (Wildman–Crippen MR) is 125 cm³/mol. The molecule has 3 aromatic rings. The number of aromatic nitrogens is 5. The van der Waals surface area contributed by atoms with Crippen LogP contribution in [0.1, 0.15) is 19.1 Å². The van der Waals surface area contributed by atoms with Gasteiger partial charge < -0.3 is 20.4 Å². The molecule has 2 aliphatic heterocycles. The first-order valence-corrected chi connectivity index (χ1v) is 12.4. The first-order valence-electron chi connectivity index (χ1n) is 10.6. The number of thioether (sulfide) groups is 1. The second-order valence-electron chi connectivity index (χ2n) is 7.95. The maximum Gasteiger partial charge on any atom is 0.226 e. The summed E-state index contributed by atoms with van der Waals surface area (Å²) in [5.41, 5.74) is 4.20. The van der Waals surface area contributed by atoms with Crippen molar-refractivity contribution in [2.24, 2.45) is 0 Å². The van der Waals surface area contributed by atoms with E-state index in [2.05, 4.69) is 30.4 Å². The number of rotatable bonds is 6. The van der Waals surface area contributed by atoms with Gasteiger partial charge in [0.1, 0.15) is 18.3 Å². The molecule has 0 amide bonds. The highest BCUT2D eigenvalue weighted by Crippen LogP contribution is 2.34. The van der Waals surface area contributed by atoms with Gasteiger partial charge in [0.05, 0.1) is 17.2 Å². The molecule has 0 aromatic carbocycles. The van der Waals surface area contributed by atoms with Gasteiger partial charge in [-0.25, -0.2) is 15.0 Å². The Morgan fingerprint density at radius 1 is 1.15 bits per heavy atom. The van der Waals surface area contributed by atoms with E-state index < -0.39 is 24.5 Å². The van der Waals surface area contributed by atoms with Crippen LogP contribution in [0.4, 0.5) is 5.82 Å². The molecule has 0 spiro atoms. The van der Waals surface area contributed by atoms with E-state index in [1.54, 1.807) is 16.3 Å². The zero-order chi connectivity index (χ0) is 22.9. The Hall–Kier alpha value is -1.73. The lowest BCUT2D eigenvalue weighted by molar-refractivity contribution is -0.0291. The highest BCUT2D eigenvalue weighted by atomic mass is 35.5. The summed E-state index contributed by atoms with van der Waals surface area (Å²) in [6.45, 7) is 1.64. The maximum atomic E-state index is 10.4. The van der Waals surface area contributed by atoms with Crippen molar-refractivity contribution in [3.8, 4) is 0 Å². The number of nitrogens with one attached hydrogen (secondary N) is 1.